The maximum absolute atomic E-state index is 13.3. The lowest BCUT2D eigenvalue weighted by Crippen LogP contribution is -2.46. The monoisotopic (exact) mass is 427 g/mol. The van der Waals surface area contributed by atoms with Crippen LogP contribution < -0.4 is 0 Å². The van der Waals surface area contributed by atoms with E-state index < -0.39 is 0 Å². The smallest absolute Gasteiger partial charge is 0.254 e. The molecule has 4 rings (SSSR count). The van der Waals surface area contributed by atoms with Crippen molar-refractivity contribution in [2.75, 3.05) is 39.9 Å². The van der Waals surface area contributed by atoms with Crippen molar-refractivity contribution in [3.63, 3.8) is 0 Å². The van der Waals surface area contributed by atoms with Crippen LogP contribution in [0.5, 0.6) is 0 Å². The molecule has 2 amide bonds. The molecule has 8 nitrogen and oxygen atoms in total. The molecule has 3 aromatic heterocycles. The van der Waals surface area contributed by atoms with Gasteiger partial charge in [-0.2, -0.15) is 5.10 Å². The van der Waals surface area contributed by atoms with Crippen LogP contribution in [0, 0.1) is 0 Å². The van der Waals surface area contributed by atoms with Crippen LogP contribution in [0.4, 0.5) is 0 Å². The molecule has 1 aliphatic heterocycles. The zero-order chi connectivity index (χ0) is 21.3. The van der Waals surface area contributed by atoms with E-state index in [9.17, 15) is 9.59 Å². The number of rotatable bonds is 5. The lowest BCUT2D eigenvalue weighted by molar-refractivity contribution is -0.135. The van der Waals surface area contributed by atoms with E-state index in [1.54, 1.807) is 35.5 Å². The van der Waals surface area contributed by atoms with E-state index in [1.165, 1.54) is 4.90 Å². The first kappa shape index (κ1) is 20.5. The lowest BCUT2D eigenvalue weighted by atomic mass is 10.1. The Morgan fingerprint density at radius 3 is 2.73 bits per heavy atom. The Labute approximate surface area is 179 Å². The summed E-state index contributed by atoms with van der Waals surface area (Å²) < 4.78 is 7.12. The quantitative estimate of drug-likeness (QED) is 0.625. The average molecular weight is 428 g/mol. The molecule has 158 valence electrons. The van der Waals surface area contributed by atoms with Gasteiger partial charge in [0.1, 0.15) is 0 Å². The van der Waals surface area contributed by atoms with Crippen LogP contribution in [0.15, 0.2) is 29.8 Å². The van der Waals surface area contributed by atoms with E-state index >= 15 is 0 Å². The zero-order valence-corrected chi connectivity index (χ0v) is 18.2. The number of hydrogen-bond donors (Lipinski definition) is 0. The van der Waals surface area contributed by atoms with Crippen molar-refractivity contribution < 1.29 is 14.3 Å². The normalized spacial score (nSPS) is 14.5. The van der Waals surface area contributed by atoms with Crippen LogP contribution in [-0.4, -0.2) is 76.3 Å². The third kappa shape index (κ3) is 3.95. The Morgan fingerprint density at radius 1 is 1.30 bits per heavy atom. The van der Waals surface area contributed by atoms with Crippen molar-refractivity contribution in [3.8, 4) is 10.6 Å². The Hall–Kier alpha value is -2.78. The number of ether oxygens (including phenoxy) is 1. The predicted octanol–water partition coefficient (Wildman–Crippen LogP) is 2.67. The fraction of sp³-hybridized carbons (Fsp3) is 0.429. The Bertz CT molecular complexity index is 1050. The highest BCUT2D eigenvalue weighted by molar-refractivity contribution is 7.13. The second-order valence-electron chi connectivity index (χ2n) is 7.61. The van der Waals surface area contributed by atoms with Gasteiger partial charge in [0.2, 0.25) is 5.91 Å². The molecule has 4 heterocycles. The molecule has 1 fully saturated rings. The Balaban J connectivity index is 1.68. The van der Waals surface area contributed by atoms with E-state index in [0.717, 1.165) is 10.6 Å². The van der Waals surface area contributed by atoms with Gasteiger partial charge < -0.3 is 14.5 Å². The number of nitrogens with zero attached hydrogens (tertiary/aromatic N) is 5. The number of hydrogen-bond acceptors (Lipinski definition) is 6. The summed E-state index contributed by atoms with van der Waals surface area (Å²) in [5.41, 5.74) is 1.91. The fourth-order valence-corrected chi connectivity index (χ4v) is 4.20. The van der Waals surface area contributed by atoms with Crippen LogP contribution in [0.2, 0.25) is 0 Å². The molecule has 0 bridgehead atoms. The standard InChI is InChI=1S/C21H25N5O3S/c1-14(2)26-20-16(12-22-26)15(11-17(23-20)18-5-4-10-30-18)21(28)24(3)13-19(27)25-6-8-29-9-7-25/h4-5,10-12,14H,6-9,13H2,1-3H3. The summed E-state index contributed by atoms with van der Waals surface area (Å²) in [5.74, 6) is -0.291. The molecule has 9 heteroatoms. The number of aromatic nitrogens is 3. The minimum Gasteiger partial charge on any atom is -0.378 e. The molecule has 0 spiro atoms. The molecule has 0 saturated carbocycles. The Morgan fingerprint density at radius 2 is 2.07 bits per heavy atom. The maximum Gasteiger partial charge on any atom is 0.254 e. The number of amides is 2. The minimum absolute atomic E-state index is 0.0231. The number of thiophene rings is 1. The van der Waals surface area contributed by atoms with Gasteiger partial charge in [0.25, 0.3) is 5.91 Å². The average Bonchev–Trinajstić information content (AvgIpc) is 3.43. The maximum atomic E-state index is 13.3. The summed E-state index contributed by atoms with van der Waals surface area (Å²) in [6, 6.07) is 5.85. The van der Waals surface area contributed by atoms with Crippen LogP contribution in [-0.2, 0) is 9.53 Å². The molecular weight excluding hydrogens is 402 g/mol. The molecule has 1 aliphatic rings. The predicted molar refractivity (Wildman–Crippen MR) is 116 cm³/mol. The van der Waals surface area contributed by atoms with E-state index in [0.29, 0.717) is 42.9 Å². The molecule has 0 radical (unpaired) electrons. The van der Waals surface area contributed by atoms with E-state index in [2.05, 4.69) is 5.10 Å². The van der Waals surface area contributed by atoms with Crippen LogP contribution in [0.3, 0.4) is 0 Å². The zero-order valence-electron chi connectivity index (χ0n) is 17.4. The van der Waals surface area contributed by atoms with Gasteiger partial charge in [0.15, 0.2) is 5.65 Å². The van der Waals surface area contributed by atoms with Crippen molar-refractivity contribution >= 4 is 34.2 Å². The van der Waals surface area contributed by atoms with Crippen molar-refractivity contribution in [3.05, 3.63) is 35.3 Å². The number of fused-ring (bicyclic) bond motifs is 1. The molecule has 0 atom stereocenters. The van der Waals surface area contributed by atoms with Crippen LogP contribution in [0.1, 0.15) is 30.2 Å². The Kier molecular flexibility index (Phi) is 5.83. The highest BCUT2D eigenvalue weighted by Crippen LogP contribution is 2.29. The third-order valence-electron chi connectivity index (χ3n) is 5.14. The van der Waals surface area contributed by atoms with Gasteiger partial charge in [-0.1, -0.05) is 6.07 Å². The van der Waals surface area contributed by atoms with Gasteiger partial charge in [-0.15, -0.1) is 11.3 Å². The van der Waals surface area contributed by atoms with Crippen LogP contribution >= 0.6 is 11.3 Å². The van der Waals surface area contributed by atoms with Gasteiger partial charge >= 0.3 is 0 Å². The van der Waals surface area contributed by atoms with Gasteiger partial charge in [-0.25, -0.2) is 9.67 Å². The lowest BCUT2D eigenvalue weighted by Gasteiger charge is -2.28. The topological polar surface area (TPSA) is 80.6 Å². The van der Waals surface area contributed by atoms with Gasteiger partial charge in [0.05, 0.1) is 47.5 Å². The number of pyridine rings is 1. The fourth-order valence-electron chi connectivity index (χ4n) is 3.52. The second-order valence-corrected chi connectivity index (χ2v) is 8.55. The van der Waals surface area contributed by atoms with E-state index in [4.69, 9.17) is 9.72 Å². The molecule has 30 heavy (non-hydrogen) atoms. The number of likely N-dealkylation sites (N-methyl/N-ethyl adjacent to an activating group) is 1. The summed E-state index contributed by atoms with van der Waals surface area (Å²) in [7, 11) is 1.66. The number of carbonyl (C=O) groups excluding carboxylic acids is 2. The molecule has 3 aromatic rings. The van der Waals surface area contributed by atoms with Crippen molar-refractivity contribution in [2.45, 2.75) is 19.9 Å². The molecule has 0 unspecified atom stereocenters. The summed E-state index contributed by atoms with van der Waals surface area (Å²) >= 11 is 1.57. The van der Waals surface area contributed by atoms with Crippen molar-refractivity contribution in [1.82, 2.24) is 24.6 Å². The van der Waals surface area contributed by atoms with Crippen molar-refractivity contribution in [2.24, 2.45) is 0 Å². The number of carbonyl (C=O) groups is 2. The van der Waals surface area contributed by atoms with Crippen LogP contribution in [0.25, 0.3) is 21.6 Å². The summed E-state index contributed by atoms with van der Waals surface area (Å²) in [6.07, 6.45) is 1.69. The number of morpholine rings is 1. The van der Waals surface area contributed by atoms with E-state index in [-0.39, 0.29) is 24.4 Å². The SMILES string of the molecule is CC(C)n1ncc2c(C(=O)N(C)CC(=O)N3CCOCC3)cc(-c3cccs3)nc21. The second kappa shape index (κ2) is 8.53. The molecule has 0 N–H and O–H groups in total. The first-order chi connectivity index (χ1) is 14.5. The summed E-state index contributed by atoms with van der Waals surface area (Å²) in [5, 5.41) is 7.13. The highest BCUT2D eigenvalue weighted by atomic mass is 32.1. The van der Waals surface area contributed by atoms with Gasteiger partial charge in [-0.3, -0.25) is 9.59 Å². The molecule has 1 saturated heterocycles. The summed E-state index contributed by atoms with van der Waals surface area (Å²) in [6.45, 7) is 6.27. The highest BCUT2D eigenvalue weighted by Gasteiger charge is 2.24. The molecule has 0 aromatic carbocycles. The van der Waals surface area contributed by atoms with Gasteiger partial charge in [0, 0.05) is 26.2 Å². The van der Waals surface area contributed by atoms with Gasteiger partial charge in [-0.05, 0) is 31.4 Å². The largest absolute Gasteiger partial charge is 0.378 e. The van der Waals surface area contributed by atoms with Crippen molar-refractivity contribution in [1.29, 1.82) is 0 Å². The first-order valence-corrected chi connectivity index (χ1v) is 10.9. The first-order valence-electron chi connectivity index (χ1n) is 9.99. The summed E-state index contributed by atoms with van der Waals surface area (Å²) in [4.78, 5) is 34.9. The molecule has 0 aliphatic carbocycles. The third-order valence-corrected chi connectivity index (χ3v) is 6.04. The minimum atomic E-state index is -0.217. The molecular formula is C21H25N5O3S. The van der Waals surface area contributed by atoms with E-state index in [1.807, 2.05) is 36.0 Å².